The fourth-order valence-electron chi connectivity index (χ4n) is 2.17. The molecule has 0 aromatic heterocycles. The van der Waals surface area contributed by atoms with Crippen LogP contribution in [-0.4, -0.2) is 44.0 Å². The number of morpholine rings is 1. The summed E-state index contributed by atoms with van der Waals surface area (Å²) in [5.74, 6) is 0. The first-order valence-electron chi connectivity index (χ1n) is 5.74. The quantitative estimate of drug-likeness (QED) is 0.745. The lowest BCUT2D eigenvalue weighted by Crippen LogP contribution is -2.62. The standard InChI is InChI=1S/C12H16N2O2/c1-2-4-11(5-3-1)14-12(10-16-14)13-6-8-15-9-7-13/h1-5,12H,6-10H2. The van der Waals surface area contributed by atoms with E-state index in [-0.39, 0.29) is 0 Å². The van der Waals surface area contributed by atoms with Crippen LogP contribution in [0.25, 0.3) is 0 Å². The van der Waals surface area contributed by atoms with Crippen LogP contribution < -0.4 is 5.06 Å². The lowest BCUT2D eigenvalue weighted by Gasteiger charge is -2.47. The van der Waals surface area contributed by atoms with E-state index in [1.54, 1.807) is 0 Å². The van der Waals surface area contributed by atoms with E-state index in [2.05, 4.69) is 17.0 Å². The summed E-state index contributed by atoms with van der Waals surface area (Å²) in [5, 5.41) is 1.99. The van der Waals surface area contributed by atoms with Crippen LogP contribution >= 0.6 is 0 Å². The van der Waals surface area contributed by atoms with Crippen molar-refractivity contribution in [3.63, 3.8) is 0 Å². The molecule has 2 fully saturated rings. The van der Waals surface area contributed by atoms with E-state index in [1.807, 2.05) is 23.3 Å². The zero-order valence-electron chi connectivity index (χ0n) is 9.21. The molecule has 3 rings (SSSR count). The van der Waals surface area contributed by atoms with E-state index in [9.17, 15) is 0 Å². The van der Waals surface area contributed by atoms with Crippen molar-refractivity contribution in [2.45, 2.75) is 6.17 Å². The highest BCUT2D eigenvalue weighted by molar-refractivity contribution is 5.45. The second kappa shape index (κ2) is 4.41. The topological polar surface area (TPSA) is 24.9 Å². The number of para-hydroxylation sites is 1. The third-order valence-corrected chi connectivity index (χ3v) is 3.11. The Morgan fingerprint density at radius 2 is 1.81 bits per heavy atom. The average Bonchev–Trinajstić information content (AvgIpc) is 2.30. The van der Waals surface area contributed by atoms with Crippen molar-refractivity contribution in [1.29, 1.82) is 0 Å². The maximum absolute atomic E-state index is 5.53. The van der Waals surface area contributed by atoms with Crippen LogP contribution in [-0.2, 0) is 9.57 Å². The molecule has 0 radical (unpaired) electrons. The summed E-state index contributed by atoms with van der Waals surface area (Å²) in [5.41, 5.74) is 1.13. The molecule has 0 N–H and O–H groups in total. The number of ether oxygens (including phenoxy) is 1. The van der Waals surface area contributed by atoms with Crippen LogP contribution in [0.3, 0.4) is 0 Å². The van der Waals surface area contributed by atoms with Crippen molar-refractivity contribution in [3.05, 3.63) is 30.3 Å². The molecule has 1 unspecified atom stereocenters. The first-order chi connectivity index (χ1) is 7.95. The van der Waals surface area contributed by atoms with Gasteiger partial charge in [0.05, 0.1) is 18.9 Å². The number of anilines is 1. The predicted octanol–water partition coefficient (Wildman–Crippen LogP) is 1.10. The molecule has 0 amide bonds. The Morgan fingerprint density at radius 3 is 2.44 bits per heavy atom. The van der Waals surface area contributed by atoms with Crippen LogP contribution in [0.1, 0.15) is 0 Å². The van der Waals surface area contributed by atoms with Crippen molar-refractivity contribution in [3.8, 4) is 0 Å². The lowest BCUT2D eigenvalue weighted by molar-refractivity contribution is -0.114. The molecule has 16 heavy (non-hydrogen) atoms. The van der Waals surface area contributed by atoms with Crippen molar-refractivity contribution < 1.29 is 9.57 Å². The van der Waals surface area contributed by atoms with Gasteiger partial charge in [-0.3, -0.25) is 9.74 Å². The Balaban J connectivity index is 1.69. The SMILES string of the molecule is c1ccc(N2OCC2N2CCOCC2)cc1. The molecule has 0 bridgehead atoms. The van der Waals surface area contributed by atoms with Gasteiger partial charge in [-0.05, 0) is 12.1 Å². The third kappa shape index (κ3) is 1.80. The normalized spacial score (nSPS) is 26.5. The van der Waals surface area contributed by atoms with Gasteiger partial charge in [0.15, 0.2) is 0 Å². The molecule has 0 spiro atoms. The highest BCUT2D eigenvalue weighted by Gasteiger charge is 2.35. The first-order valence-corrected chi connectivity index (χ1v) is 5.74. The highest BCUT2D eigenvalue weighted by atomic mass is 16.7. The van der Waals surface area contributed by atoms with Crippen LogP contribution in [0.5, 0.6) is 0 Å². The summed E-state index contributed by atoms with van der Waals surface area (Å²) in [6.07, 6.45) is 0.381. The fraction of sp³-hybridized carbons (Fsp3) is 0.500. The lowest BCUT2D eigenvalue weighted by atomic mass is 10.2. The monoisotopic (exact) mass is 220 g/mol. The minimum Gasteiger partial charge on any atom is -0.379 e. The minimum atomic E-state index is 0.381. The van der Waals surface area contributed by atoms with Crippen molar-refractivity contribution in [2.24, 2.45) is 0 Å². The van der Waals surface area contributed by atoms with E-state index >= 15 is 0 Å². The molecule has 86 valence electrons. The number of hydrogen-bond donors (Lipinski definition) is 0. The molecule has 2 heterocycles. The van der Waals surface area contributed by atoms with Gasteiger partial charge in [-0.25, -0.2) is 5.06 Å². The fourth-order valence-corrected chi connectivity index (χ4v) is 2.17. The first kappa shape index (κ1) is 10.1. The van der Waals surface area contributed by atoms with E-state index in [0.717, 1.165) is 38.6 Å². The predicted molar refractivity (Wildman–Crippen MR) is 61.1 cm³/mol. The van der Waals surface area contributed by atoms with Gasteiger partial charge in [0.2, 0.25) is 0 Å². The number of hydroxylamine groups is 1. The van der Waals surface area contributed by atoms with Crippen LogP contribution in [0.2, 0.25) is 0 Å². The van der Waals surface area contributed by atoms with E-state index in [0.29, 0.717) is 6.17 Å². The number of rotatable bonds is 2. The zero-order valence-corrected chi connectivity index (χ0v) is 9.21. The summed E-state index contributed by atoms with van der Waals surface area (Å²) in [7, 11) is 0. The highest BCUT2D eigenvalue weighted by Crippen LogP contribution is 2.26. The van der Waals surface area contributed by atoms with Gasteiger partial charge in [-0.1, -0.05) is 18.2 Å². The van der Waals surface area contributed by atoms with Crippen LogP contribution in [0.4, 0.5) is 5.69 Å². The van der Waals surface area contributed by atoms with Gasteiger partial charge in [-0.2, -0.15) is 0 Å². The van der Waals surface area contributed by atoms with Gasteiger partial charge in [0.1, 0.15) is 12.8 Å². The van der Waals surface area contributed by atoms with Crippen molar-refractivity contribution in [1.82, 2.24) is 4.90 Å². The smallest absolute Gasteiger partial charge is 0.135 e. The molecular weight excluding hydrogens is 204 g/mol. The maximum Gasteiger partial charge on any atom is 0.135 e. The molecule has 2 aliphatic rings. The average molecular weight is 220 g/mol. The Kier molecular flexibility index (Phi) is 2.78. The van der Waals surface area contributed by atoms with Gasteiger partial charge in [-0.15, -0.1) is 0 Å². The molecule has 0 aliphatic carbocycles. The number of benzene rings is 1. The minimum absolute atomic E-state index is 0.381. The van der Waals surface area contributed by atoms with Gasteiger partial charge >= 0.3 is 0 Å². The van der Waals surface area contributed by atoms with Crippen molar-refractivity contribution >= 4 is 5.69 Å². The molecular formula is C12H16N2O2. The Bertz CT molecular complexity index is 338. The molecule has 1 aromatic rings. The maximum atomic E-state index is 5.53. The molecule has 0 saturated carbocycles. The number of hydrogen-bond acceptors (Lipinski definition) is 4. The van der Waals surface area contributed by atoms with E-state index in [1.165, 1.54) is 0 Å². The summed E-state index contributed by atoms with van der Waals surface area (Å²) in [6, 6.07) is 10.2. The summed E-state index contributed by atoms with van der Waals surface area (Å²) in [4.78, 5) is 7.95. The molecule has 1 atom stereocenters. The summed E-state index contributed by atoms with van der Waals surface area (Å²) >= 11 is 0. The van der Waals surface area contributed by atoms with E-state index in [4.69, 9.17) is 9.57 Å². The number of nitrogens with zero attached hydrogens (tertiary/aromatic N) is 2. The third-order valence-electron chi connectivity index (χ3n) is 3.11. The summed E-state index contributed by atoms with van der Waals surface area (Å²) in [6.45, 7) is 4.45. The van der Waals surface area contributed by atoms with Gasteiger partial charge in [0.25, 0.3) is 0 Å². The Morgan fingerprint density at radius 1 is 1.06 bits per heavy atom. The largest absolute Gasteiger partial charge is 0.379 e. The van der Waals surface area contributed by atoms with Gasteiger partial charge in [0, 0.05) is 13.1 Å². The van der Waals surface area contributed by atoms with Crippen molar-refractivity contribution in [2.75, 3.05) is 38.0 Å². The Hall–Kier alpha value is -1.10. The molecule has 2 saturated heterocycles. The Labute approximate surface area is 95.3 Å². The van der Waals surface area contributed by atoms with E-state index < -0.39 is 0 Å². The zero-order chi connectivity index (χ0) is 10.8. The van der Waals surface area contributed by atoms with Crippen LogP contribution in [0.15, 0.2) is 30.3 Å². The second-order valence-electron chi connectivity index (χ2n) is 4.09. The molecule has 4 heteroatoms. The summed E-state index contributed by atoms with van der Waals surface area (Å²) < 4.78 is 5.36. The van der Waals surface area contributed by atoms with Gasteiger partial charge < -0.3 is 4.74 Å². The second-order valence-corrected chi connectivity index (χ2v) is 4.09. The molecule has 4 nitrogen and oxygen atoms in total. The molecule has 1 aromatic carbocycles. The molecule has 2 aliphatic heterocycles. The van der Waals surface area contributed by atoms with Crippen LogP contribution in [0, 0.1) is 0 Å².